The molecule has 17 heavy (non-hydrogen) atoms. The van der Waals surface area contributed by atoms with Gasteiger partial charge in [0.2, 0.25) is 0 Å². The summed E-state index contributed by atoms with van der Waals surface area (Å²) in [4.78, 5) is 2.81. The van der Waals surface area contributed by atoms with Gasteiger partial charge in [-0.05, 0) is 64.5 Å². The summed E-state index contributed by atoms with van der Waals surface area (Å²) >= 11 is 0. The summed E-state index contributed by atoms with van der Waals surface area (Å²) in [6.07, 6.45) is 8.30. The molecule has 0 spiro atoms. The molecule has 1 aliphatic carbocycles. The van der Waals surface area contributed by atoms with Crippen LogP contribution in [0.3, 0.4) is 0 Å². The molecule has 0 radical (unpaired) electrons. The van der Waals surface area contributed by atoms with Gasteiger partial charge in [-0.25, -0.2) is 0 Å². The Balaban J connectivity index is 1.82. The summed E-state index contributed by atoms with van der Waals surface area (Å²) < 4.78 is 0. The van der Waals surface area contributed by atoms with E-state index >= 15 is 0 Å². The lowest BCUT2D eigenvalue weighted by Crippen LogP contribution is -2.47. The van der Waals surface area contributed by atoms with Crippen molar-refractivity contribution in [1.82, 2.24) is 10.2 Å². The summed E-state index contributed by atoms with van der Waals surface area (Å²) in [6.45, 7) is 9.67. The molecule has 4 unspecified atom stereocenters. The van der Waals surface area contributed by atoms with E-state index in [1.54, 1.807) is 0 Å². The van der Waals surface area contributed by atoms with E-state index in [1.165, 1.54) is 51.6 Å². The second kappa shape index (κ2) is 6.19. The fourth-order valence-corrected chi connectivity index (χ4v) is 3.68. The first-order valence-corrected chi connectivity index (χ1v) is 7.71. The predicted octanol–water partition coefficient (Wildman–Crippen LogP) is 3.03. The maximum absolute atomic E-state index is 3.70. The molecular weight excluding hydrogens is 208 g/mol. The first kappa shape index (κ1) is 13.4. The van der Waals surface area contributed by atoms with Gasteiger partial charge in [0.15, 0.2) is 0 Å². The van der Waals surface area contributed by atoms with Crippen LogP contribution in [-0.4, -0.2) is 36.1 Å². The number of hydrogen-bond acceptors (Lipinski definition) is 2. The van der Waals surface area contributed by atoms with Crippen LogP contribution in [0.25, 0.3) is 0 Å². The third-order valence-electron chi connectivity index (χ3n) is 4.98. The molecule has 2 fully saturated rings. The van der Waals surface area contributed by atoms with Crippen molar-refractivity contribution in [2.75, 3.05) is 13.1 Å². The summed E-state index contributed by atoms with van der Waals surface area (Å²) in [5, 5.41) is 3.70. The SMILES string of the molecule is CCCNC1CCC(N2CCCC(C)C2C)C1. The highest BCUT2D eigenvalue weighted by molar-refractivity contribution is 4.91. The summed E-state index contributed by atoms with van der Waals surface area (Å²) in [7, 11) is 0. The van der Waals surface area contributed by atoms with Crippen LogP contribution < -0.4 is 5.32 Å². The van der Waals surface area contributed by atoms with E-state index in [2.05, 4.69) is 31.0 Å². The van der Waals surface area contributed by atoms with E-state index in [4.69, 9.17) is 0 Å². The molecule has 0 amide bonds. The molecule has 2 heteroatoms. The molecule has 1 saturated carbocycles. The Hall–Kier alpha value is -0.0800. The van der Waals surface area contributed by atoms with Gasteiger partial charge >= 0.3 is 0 Å². The van der Waals surface area contributed by atoms with Crippen LogP contribution in [0.4, 0.5) is 0 Å². The Kier molecular flexibility index (Phi) is 4.87. The molecule has 0 aromatic heterocycles. The van der Waals surface area contributed by atoms with Crippen LogP contribution in [-0.2, 0) is 0 Å². The molecule has 1 heterocycles. The smallest absolute Gasteiger partial charge is 0.0114 e. The van der Waals surface area contributed by atoms with E-state index in [0.717, 1.165) is 24.0 Å². The van der Waals surface area contributed by atoms with Gasteiger partial charge in [0.25, 0.3) is 0 Å². The average Bonchev–Trinajstić information content (AvgIpc) is 2.78. The van der Waals surface area contributed by atoms with Crippen molar-refractivity contribution in [3.05, 3.63) is 0 Å². The maximum Gasteiger partial charge on any atom is 0.0114 e. The summed E-state index contributed by atoms with van der Waals surface area (Å²) in [5.41, 5.74) is 0. The molecule has 2 nitrogen and oxygen atoms in total. The van der Waals surface area contributed by atoms with Crippen LogP contribution in [0.1, 0.15) is 59.3 Å². The van der Waals surface area contributed by atoms with E-state index in [-0.39, 0.29) is 0 Å². The molecule has 1 saturated heterocycles. The maximum atomic E-state index is 3.70. The van der Waals surface area contributed by atoms with Gasteiger partial charge in [-0.2, -0.15) is 0 Å². The van der Waals surface area contributed by atoms with Gasteiger partial charge in [-0.3, -0.25) is 4.90 Å². The van der Waals surface area contributed by atoms with Gasteiger partial charge in [-0.1, -0.05) is 13.8 Å². The number of nitrogens with one attached hydrogen (secondary N) is 1. The van der Waals surface area contributed by atoms with E-state index in [1.807, 2.05) is 0 Å². The van der Waals surface area contributed by atoms with Crippen molar-refractivity contribution in [2.45, 2.75) is 77.4 Å². The molecule has 100 valence electrons. The van der Waals surface area contributed by atoms with Crippen LogP contribution in [0.2, 0.25) is 0 Å². The lowest BCUT2D eigenvalue weighted by Gasteiger charge is -2.41. The Bertz CT molecular complexity index is 229. The number of rotatable bonds is 4. The van der Waals surface area contributed by atoms with E-state index in [9.17, 15) is 0 Å². The van der Waals surface area contributed by atoms with Crippen molar-refractivity contribution in [3.8, 4) is 0 Å². The fraction of sp³-hybridized carbons (Fsp3) is 1.00. The molecule has 2 rings (SSSR count). The quantitative estimate of drug-likeness (QED) is 0.810. The van der Waals surface area contributed by atoms with Gasteiger partial charge in [-0.15, -0.1) is 0 Å². The van der Waals surface area contributed by atoms with E-state index in [0.29, 0.717) is 0 Å². The standard InChI is InChI=1S/C15H30N2/c1-4-9-16-14-7-8-15(11-14)17-10-5-6-12(2)13(17)3/h12-16H,4-11H2,1-3H3. The molecule has 0 aromatic carbocycles. The predicted molar refractivity (Wildman–Crippen MR) is 74.3 cm³/mol. The number of piperidine rings is 1. The molecule has 4 atom stereocenters. The van der Waals surface area contributed by atoms with Gasteiger partial charge in [0.1, 0.15) is 0 Å². The Morgan fingerprint density at radius 2 is 2.00 bits per heavy atom. The summed E-state index contributed by atoms with van der Waals surface area (Å²) in [5.74, 6) is 0.895. The minimum absolute atomic E-state index is 0.796. The average molecular weight is 238 g/mol. The van der Waals surface area contributed by atoms with Gasteiger partial charge < -0.3 is 5.32 Å². The number of likely N-dealkylation sites (tertiary alicyclic amines) is 1. The third-order valence-corrected chi connectivity index (χ3v) is 4.98. The Morgan fingerprint density at radius 3 is 2.76 bits per heavy atom. The third kappa shape index (κ3) is 3.23. The zero-order valence-electron chi connectivity index (χ0n) is 11.9. The van der Waals surface area contributed by atoms with Crippen LogP contribution in [0.15, 0.2) is 0 Å². The minimum Gasteiger partial charge on any atom is -0.314 e. The largest absolute Gasteiger partial charge is 0.314 e. The van der Waals surface area contributed by atoms with Crippen LogP contribution in [0.5, 0.6) is 0 Å². The second-order valence-electron chi connectivity index (χ2n) is 6.22. The highest BCUT2D eigenvalue weighted by Crippen LogP contribution is 2.31. The van der Waals surface area contributed by atoms with Crippen molar-refractivity contribution in [3.63, 3.8) is 0 Å². The zero-order chi connectivity index (χ0) is 12.3. The molecular formula is C15H30N2. The lowest BCUT2D eigenvalue weighted by molar-refractivity contribution is 0.0696. The van der Waals surface area contributed by atoms with Crippen molar-refractivity contribution in [1.29, 1.82) is 0 Å². The number of hydrogen-bond donors (Lipinski definition) is 1. The zero-order valence-corrected chi connectivity index (χ0v) is 11.9. The van der Waals surface area contributed by atoms with Crippen molar-refractivity contribution >= 4 is 0 Å². The minimum atomic E-state index is 0.796. The Morgan fingerprint density at radius 1 is 1.18 bits per heavy atom. The van der Waals surface area contributed by atoms with Crippen molar-refractivity contribution in [2.24, 2.45) is 5.92 Å². The van der Waals surface area contributed by atoms with Gasteiger partial charge in [0, 0.05) is 18.1 Å². The fourth-order valence-electron chi connectivity index (χ4n) is 3.68. The molecule has 1 aliphatic heterocycles. The van der Waals surface area contributed by atoms with Crippen molar-refractivity contribution < 1.29 is 0 Å². The topological polar surface area (TPSA) is 15.3 Å². The first-order chi connectivity index (χ1) is 8.22. The molecule has 1 N–H and O–H groups in total. The van der Waals surface area contributed by atoms with Gasteiger partial charge in [0.05, 0.1) is 0 Å². The summed E-state index contributed by atoms with van der Waals surface area (Å²) in [6, 6.07) is 2.46. The lowest BCUT2D eigenvalue weighted by atomic mass is 9.90. The normalized spacial score (nSPS) is 39.7. The molecule has 0 aromatic rings. The molecule has 0 bridgehead atoms. The highest BCUT2D eigenvalue weighted by atomic mass is 15.2. The van der Waals surface area contributed by atoms with Crippen LogP contribution >= 0.6 is 0 Å². The highest BCUT2D eigenvalue weighted by Gasteiger charge is 2.34. The van der Waals surface area contributed by atoms with Crippen LogP contribution in [0, 0.1) is 5.92 Å². The second-order valence-corrected chi connectivity index (χ2v) is 6.22. The Labute approximate surface area is 107 Å². The van der Waals surface area contributed by atoms with E-state index < -0.39 is 0 Å². The monoisotopic (exact) mass is 238 g/mol. The number of nitrogens with zero attached hydrogens (tertiary/aromatic N) is 1. The molecule has 2 aliphatic rings. The first-order valence-electron chi connectivity index (χ1n) is 7.71.